The Kier molecular flexibility index (Phi) is 7.41. The van der Waals surface area contributed by atoms with Gasteiger partial charge in [-0.3, -0.25) is 0 Å². The lowest BCUT2D eigenvalue weighted by Gasteiger charge is -2.24. The van der Waals surface area contributed by atoms with E-state index < -0.39 is 0 Å². The van der Waals surface area contributed by atoms with Crippen LogP contribution < -0.4 is 10.2 Å². The Morgan fingerprint density at radius 2 is 1.56 bits per heavy atom. The fourth-order valence-electron chi connectivity index (χ4n) is 1.80. The van der Waals surface area contributed by atoms with E-state index in [0.717, 1.165) is 32.8 Å². The van der Waals surface area contributed by atoms with E-state index in [2.05, 4.69) is 34.5 Å². The lowest BCUT2D eigenvalue weighted by molar-refractivity contribution is 0.190. The van der Waals surface area contributed by atoms with Gasteiger partial charge < -0.3 is 19.7 Å². The molecular formula is C14H24N2O2. The molecule has 0 saturated carbocycles. The standard InChI is InChI=1S/C14H24N2O2/c1-15-12-13-4-6-14(7-5-13)16(8-10-17-2)9-11-18-3/h4-7,15H,8-12H2,1-3H3. The lowest BCUT2D eigenvalue weighted by Crippen LogP contribution is -2.30. The van der Waals surface area contributed by atoms with Gasteiger partial charge in [-0.05, 0) is 24.7 Å². The molecule has 0 atom stereocenters. The van der Waals surface area contributed by atoms with Crippen LogP contribution in [-0.2, 0) is 16.0 Å². The highest BCUT2D eigenvalue weighted by molar-refractivity contribution is 5.47. The summed E-state index contributed by atoms with van der Waals surface area (Å²) in [5.41, 5.74) is 2.50. The largest absolute Gasteiger partial charge is 0.383 e. The molecule has 0 aliphatic heterocycles. The molecule has 1 aromatic rings. The van der Waals surface area contributed by atoms with Gasteiger partial charge in [0.2, 0.25) is 0 Å². The van der Waals surface area contributed by atoms with Crippen molar-refractivity contribution in [1.82, 2.24) is 5.32 Å². The first kappa shape index (κ1) is 15.0. The maximum Gasteiger partial charge on any atom is 0.0637 e. The third-order valence-corrected chi connectivity index (χ3v) is 2.81. The Hall–Kier alpha value is -1.10. The van der Waals surface area contributed by atoms with Gasteiger partial charge in [0.1, 0.15) is 0 Å². The highest BCUT2D eigenvalue weighted by atomic mass is 16.5. The van der Waals surface area contributed by atoms with Gasteiger partial charge in [0.25, 0.3) is 0 Å². The predicted octanol–water partition coefficient (Wildman–Crippen LogP) is 1.51. The minimum absolute atomic E-state index is 0.724. The molecule has 0 fully saturated rings. The Balaban J connectivity index is 2.64. The van der Waals surface area contributed by atoms with Crippen LogP contribution in [0.3, 0.4) is 0 Å². The molecule has 1 N–H and O–H groups in total. The van der Waals surface area contributed by atoms with E-state index >= 15 is 0 Å². The van der Waals surface area contributed by atoms with Crippen LogP contribution in [0.2, 0.25) is 0 Å². The fourth-order valence-corrected chi connectivity index (χ4v) is 1.80. The predicted molar refractivity (Wildman–Crippen MR) is 75.2 cm³/mol. The average molecular weight is 252 g/mol. The van der Waals surface area contributed by atoms with Crippen molar-refractivity contribution in [2.75, 3.05) is 52.5 Å². The highest BCUT2D eigenvalue weighted by Gasteiger charge is 2.05. The van der Waals surface area contributed by atoms with Gasteiger partial charge in [-0.15, -0.1) is 0 Å². The van der Waals surface area contributed by atoms with Crippen molar-refractivity contribution in [2.45, 2.75) is 6.54 Å². The first-order valence-electron chi connectivity index (χ1n) is 6.28. The van der Waals surface area contributed by atoms with E-state index in [0.29, 0.717) is 0 Å². The maximum absolute atomic E-state index is 5.14. The Labute approximate surface area is 110 Å². The molecule has 102 valence electrons. The number of methoxy groups -OCH3 is 2. The molecular weight excluding hydrogens is 228 g/mol. The fraction of sp³-hybridized carbons (Fsp3) is 0.571. The van der Waals surface area contributed by atoms with Crippen molar-refractivity contribution in [1.29, 1.82) is 0 Å². The zero-order valence-corrected chi connectivity index (χ0v) is 11.6. The van der Waals surface area contributed by atoms with E-state index in [4.69, 9.17) is 9.47 Å². The smallest absolute Gasteiger partial charge is 0.0637 e. The van der Waals surface area contributed by atoms with Crippen molar-refractivity contribution in [3.63, 3.8) is 0 Å². The Bertz CT molecular complexity index is 306. The van der Waals surface area contributed by atoms with Crippen LogP contribution in [0.15, 0.2) is 24.3 Å². The van der Waals surface area contributed by atoms with Crippen molar-refractivity contribution >= 4 is 5.69 Å². The third-order valence-electron chi connectivity index (χ3n) is 2.81. The SMILES string of the molecule is CNCc1ccc(N(CCOC)CCOC)cc1. The summed E-state index contributed by atoms with van der Waals surface area (Å²) < 4.78 is 10.3. The molecule has 0 amide bonds. The second-order valence-corrected chi connectivity index (χ2v) is 4.17. The molecule has 0 aromatic heterocycles. The molecule has 0 aliphatic carbocycles. The van der Waals surface area contributed by atoms with E-state index in [1.807, 2.05) is 7.05 Å². The van der Waals surface area contributed by atoms with Crippen LogP contribution in [0.5, 0.6) is 0 Å². The number of benzene rings is 1. The molecule has 18 heavy (non-hydrogen) atoms. The second kappa shape index (κ2) is 8.91. The molecule has 0 bridgehead atoms. The number of hydrogen-bond acceptors (Lipinski definition) is 4. The van der Waals surface area contributed by atoms with Gasteiger partial charge in [-0.25, -0.2) is 0 Å². The van der Waals surface area contributed by atoms with E-state index in [1.165, 1.54) is 11.3 Å². The summed E-state index contributed by atoms with van der Waals surface area (Å²) >= 11 is 0. The van der Waals surface area contributed by atoms with Crippen LogP contribution in [-0.4, -0.2) is 47.6 Å². The number of ether oxygens (including phenoxy) is 2. The topological polar surface area (TPSA) is 33.7 Å². The van der Waals surface area contributed by atoms with Gasteiger partial charge in [-0.2, -0.15) is 0 Å². The first-order chi connectivity index (χ1) is 8.81. The van der Waals surface area contributed by atoms with Gasteiger partial charge in [0.05, 0.1) is 13.2 Å². The normalized spacial score (nSPS) is 10.6. The van der Waals surface area contributed by atoms with Crippen molar-refractivity contribution in [3.8, 4) is 0 Å². The van der Waals surface area contributed by atoms with Crippen LogP contribution in [0.25, 0.3) is 0 Å². The van der Waals surface area contributed by atoms with Crippen LogP contribution in [0, 0.1) is 0 Å². The first-order valence-corrected chi connectivity index (χ1v) is 6.28. The molecule has 0 radical (unpaired) electrons. The molecule has 0 unspecified atom stereocenters. The number of anilines is 1. The number of hydrogen-bond donors (Lipinski definition) is 1. The van der Waals surface area contributed by atoms with Gasteiger partial charge >= 0.3 is 0 Å². The molecule has 0 aliphatic rings. The zero-order valence-electron chi connectivity index (χ0n) is 11.6. The summed E-state index contributed by atoms with van der Waals surface area (Å²) in [5.74, 6) is 0. The molecule has 1 aromatic carbocycles. The molecule has 0 heterocycles. The molecule has 0 saturated heterocycles. The van der Waals surface area contributed by atoms with Gasteiger partial charge in [-0.1, -0.05) is 12.1 Å². The minimum atomic E-state index is 0.724. The quantitative estimate of drug-likeness (QED) is 0.722. The summed E-state index contributed by atoms with van der Waals surface area (Å²) in [5, 5.41) is 3.15. The summed E-state index contributed by atoms with van der Waals surface area (Å²) in [6.45, 7) is 4.11. The zero-order chi connectivity index (χ0) is 13.2. The molecule has 1 rings (SSSR count). The van der Waals surface area contributed by atoms with E-state index in [9.17, 15) is 0 Å². The summed E-state index contributed by atoms with van der Waals surface area (Å²) in [7, 11) is 5.41. The monoisotopic (exact) mass is 252 g/mol. The van der Waals surface area contributed by atoms with E-state index in [-0.39, 0.29) is 0 Å². The Morgan fingerprint density at radius 1 is 1.00 bits per heavy atom. The van der Waals surface area contributed by atoms with Crippen molar-refractivity contribution in [3.05, 3.63) is 29.8 Å². The van der Waals surface area contributed by atoms with Crippen molar-refractivity contribution < 1.29 is 9.47 Å². The molecule has 0 spiro atoms. The van der Waals surface area contributed by atoms with E-state index in [1.54, 1.807) is 14.2 Å². The number of nitrogens with one attached hydrogen (secondary N) is 1. The Morgan fingerprint density at radius 3 is 2.00 bits per heavy atom. The minimum Gasteiger partial charge on any atom is -0.383 e. The number of rotatable bonds is 9. The molecule has 4 heteroatoms. The average Bonchev–Trinajstić information content (AvgIpc) is 2.41. The summed E-state index contributed by atoms with van der Waals surface area (Å²) in [6.07, 6.45) is 0. The summed E-state index contributed by atoms with van der Waals surface area (Å²) in [6, 6.07) is 8.60. The van der Waals surface area contributed by atoms with Crippen LogP contribution in [0.4, 0.5) is 5.69 Å². The van der Waals surface area contributed by atoms with Gasteiger partial charge in [0, 0.05) is 39.5 Å². The second-order valence-electron chi connectivity index (χ2n) is 4.17. The lowest BCUT2D eigenvalue weighted by atomic mass is 10.2. The van der Waals surface area contributed by atoms with Crippen LogP contribution >= 0.6 is 0 Å². The third kappa shape index (κ3) is 5.04. The molecule has 4 nitrogen and oxygen atoms in total. The van der Waals surface area contributed by atoms with Crippen molar-refractivity contribution in [2.24, 2.45) is 0 Å². The number of nitrogens with zero attached hydrogens (tertiary/aromatic N) is 1. The van der Waals surface area contributed by atoms with Gasteiger partial charge in [0.15, 0.2) is 0 Å². The van der Waals surface area contributed by atoms with Crippen LogP contribution in [0.1, 0.15) is 5.56 Å². The summed E-state index contributed by atoms with van der Waals surface area (Å²) in [4.78, 5) is 2.27. The highest BCUT2D eigenvalue weighted by Crippen LogP contribution is 2.15. The maximum atomic E-state index is 5.14.